The SMILES string of the molecule is CCOC(=O)Cc1csc(NN=Cc2ccc(CC)cc2F)n1. The van der Waals surface area contributed by atoms with E-state index in [-0.39, 0.29) is 18.2 Å². The standard InChI is InChI=1S/C16H18FN3O2S/c1-3-11-5-6-12(14(17)7-11)9-18-20-16-19-13(10-23-16)8-15(21)22-4-2/h5-7,9-10H,3-4,8H2,1-2H3,(H,19,20). The topological polar surface area (TPSA) is 63.6 Å². The molecule has 1 aromatic carbocycles. The Balaban J connectivity index is 1.93. The van der Waals surface area contributed by atoms with Gasteiger partial charge in [0.15, 0.2) is 0 Å². The van der Waals surface area contributed by atoms with Gasteiger partial charge in [-0.05, 0) is 25.0 Å². The Kier molecular flexibility index (Phi) is 6.22. The van der Waals surface area contributed by atoms with Crippen LogP contribution in [0.1, 0.15) is 30.7 Å². The fourth-order valence-corrected chi connectivity index (χ4v) is 2.51. The van der Waals surface area contributed by atoms with Crippen LogP contribution in [-0.2, 0) is 22.4 Å². The summed E-state index contributed by atoms with van der Waals surface area (Å²) in [6, 6.07) is 5.06. The number of benzene rings is 1. The van der Waals surface area contributed by atoms with Crippen LogP contribution in [0.3, 0.4) is 0 Å². The summed E-state index contributed by atoms with van der Waals surface area (Å²) in [5, 5.41) is 6.26. The molecule has 0 aliphatic carbocycles. The van der Waals surface area contributed by atoms with Gasteiger partial charge in [0, 0.05) is 10.9 Å². The lowest BCUT2D eigenvalue weighted by atomic mass is 10.1. The van der Waals surface area contributed by atoms with Crippen LogP contribution in [0.4, 0.5) is 9.52 Å². The van der Waals surface area contributed by atoms with E-state index in [2.05, 4.69) is 15.5 Å². The molecule has 0 unspecified atom stereocenters. The van der Waals surface area contributed by atoms with Gasteiger partial charge in [-0.25, -0.2) is 9.37 Å². The van der Waals surface area contributed by atoms with Crippen molar-refractivity contribution < 1.29 is 13.9 Å². The molecule has 1 aromatic heterocycles. The number of rotatable bonds is 7. The molecule has 122 valence electrons. The largest absolute Gasteiger partial charge is 0.466 e. The van der Waals surface area contributed by atoms with Gasteiger partial charge in [0.25, 0.3) is 0 Å². The van der Waals surface area contributed by atoms with Crippen LogP contribution < -0.4 is 5.43 Å². The van der Waals surface area contributed by atoms with Crippen LogP contribution in [0.5, 0.6) is 0 Å². The average molecular weight is 335 g/mol. The van der Waals surface area contributed by atoms with E-state index in [0.29, 0.717) is 23.0 Å². The van der Waals surface area contributed by atoms with E-state index < -0.39 is 0 Å². The van der Waals surface area contributed by atoms with Crippen molar-refractivity contribution in [3.63, 3.8) is 0 Å². The maximum atomic E-state index is 13.8. The minimum Gasteiger partial charge on any atom is -0.466 e. The number of thiazole rings is 1. The van der Waals surface area contributed by atoms with Gasteiger partial charge < -0.3 is 4.74 Å². The lowest BCUT2D eigenvalue weighted by Gasteiger charge is -2.00. The van der Waals surface area contributed by atoms with E-state index in [1.165, 1.54) is 23.6 Å². The first kappa shape index (κ1) is 17.1. The Labute approximate surface area is 138 Å². The first-order chi connectivity index (χ1) is 11.1. The number of hydrazone groups is 1. The van der Waals surface area contributed by atoms with Gasteiger partial charge in [-0.1, -0.05) is 19.1 Å². The van der Waals surface area contributed by atoms with E-state index in [9.17, 15) is 9.18 Å². The van der Waals surface area contributed by atoms with Crippen molar-refractivity contribution in [1.82, 2.24) is 4.98 Å². The number of esters is 1. The molecule has 0 aliphatic rings. The maximum absolute atomic E-state index is 13.8. The second kappa shape index (κ2) is 8.38. The quantitative estimate of drug-likeness (QED) is 0.478. The highest BCUT2D eigenvalue weighted by atomic mass is 32.1. The molecule has 23 heavy (non-hydrogen) atoms. The third kappa shape index (κ3) is 5.14. The van der Waals surface area contributed by atoms with Crippen molar-refractivity contribution in [2.75, 3.05) is 12.0 Å². The van der Waals surface area contributed by atoms with Crippen molar-refractivity contribution in [3.8, 4) is 0 Å². The van der Waals surface area contributed by atoms with E-state index >= 15 is 0 Å². The predicted octanol–water partition coefficient (Wildman–Crippen LogP) is 3.40. The lowest BCUT2D eigenvalue weighted by Crippen LogP contribution is -2.07. The molecule has 1 heterocycles. The van der Waals surface area contributed by atoms with E-state index in [1.54, 1.807) is 18.4 Å². The van der Waals surface area contributed by atoms with E-state index in [1.807, 2.05) is 13.0 Å². The van der Waals surface area contributed by atoms with Gasteiger partial charge in [-0.3, -0.25) is 10.2 Å². The summed E-state index contributed by atoms with van der Waals surface area (Å²) in [5.74, 6) is -0.622. The monoisotopic (exact) mass is 335 g/mol. The zero-order valence-electron chi connectivity index (χ0n) is 13.0. The molecule has 0 fully saturated rings. The molecular formula is C16H18FN3O2S. The molecule has 5 nitrogen and oxygen atoms in total. The number of aryl methyl sites for hydroxylation is 1. The zero-order valence-corrected chi connectivity index (χ0v) is 13.8. The molecule has 0 aliphatic heterocycles. The van der Waals surface area contributed by atoms with Crippen molar-refractivity contribution >= 4 is 28.7 Å². The number of hydrogen-bond acceptors (Lipinski definition) is 6. The summed E-state index contributed by atoms with van der Waals surface area (Å²) in [5.41, 5.74) is 4.69. The summed E-state index contributed by atoms with van der Waals surface area (Å²) >= 11 is 1.32. The molecule has 0 saturated carbocycles. The number of carbonyl (C=O) groups is 1. The Morgan fingerprint density at radius 2 is 2.30 bits per heavy atom. The molecule has 0 spiro atoms. The minimum atomic E-state index is -0.314. The molecule has 0 bridgehead atoms. The van der Waals surface area contributed by atoms with Gasteiger partial charge in [0.1, 0.15) is 5.82 Å². The van der Waals surface area contributed by atoms with Crippen molar-refractivity contribution in [3.05, 3.63) is 46.2 Å². The number of anilines is 1. The van der Waals surface area contributed by atoms with Gasteiger partial charge in [0.2, 0.25) is 5.13 Å². The minimum absolute atomic E-state index is 0.128. The highest BCUT2D eigenvalue weighted by molar-refractivity contribution is 7.13. The number of hydrogen-bond donors (Lipinski definition) is 1. The summed E-state index contributed by atoms with van der Waals surface area (Å²) in [6.45, 7) is 4.08. The zero-order chi connectivity index (χ0) is 16.7. The molecular weight excluding hydrogens is 317 g/mol. The number of ether oxygens (including phenoxy) is 1. The van der Waals surface area contributed by atoms with Gasteiger partial charge in [0.05, 0.1) is 24.9 Å². The summed E-state index contributed by atoms with van der Waals surface area (Å²) in [6.07, 6.45) is 2.32. The number of carbonyl (C=O) groups excluding carboxylic acids is 1. The van der Waals surface area contributed by atoms with E-state index in [4.69, 9.17) is 4.74 Å². The molecule has 1 N–H and O–H groups in total. The Hall–Kier alpha value is -2.28. The molecule has 2 rings (SSSR count). The van der Waals surface area contributed by atoms with Gasteiger partial charge >= 0.3 is 5.97 Å². The normalized spacial score (nSPS) is 10.9. The highest BCUT2D eigenvalue weighted by Crippen LogP contribution is 2.16. The Morgan fingerprint density at radius 1 is 1.48 bits per heavy atom. The van der Waals surface area contributed by atoms with Crippen molar-refractivity contribution in [1.29, 1.82) is 0 Å². The van der Waals surface area contributed by atoms with E-state index in [0.717, 1.165) is 12.0 Å². The smallest absolute Gasteiger partial charge is 0.311 e. The van der Waals surface area contributed by atoms with Crippen LogP contribution in [0.2, 0.25) is 0 Å². The van der Waals surface area contributed by atoms with Crippen LogP contribution in [0.25, 0.3) is 0 Å². The number of nitrogens with zero attached hydrogens (tertiary/aromatic N) is 2. The maximum Gasteiger partial charge on any atom is 0.311 e. The van der Waals surface area contributed by atoms with Crippen molar-refractivity contribution in [2.45, 2.75) is 26.7 Å². The highest BCUT2D eigenvalue weighted by Gasteiger charge is 2.08. The summed E-state index contributed by atoms with van der Waals surface area (Å²) in [7, 11) is 0. The fourth-order valence-electron chi connectivity index (χ4n) is 1.85. The Morgan fingerprint density at radius 3 is 3.00 bits per heavy atom. The Bertz CT molecular complexity index is 700. The lowest BCUT2D eigenvalue weighted by molar-refractivity contribution is -0.142. The average Bonchev–Trinajstić information content (AvgIpc) is 2.96. The number of nitrogens with one attached hydrogen (secondary N) is 1. The molecule has 7 heteroatoms. The molecule has 0 amide bonds. The van der Waals surface area contributed by atoms with Crippen LogP contribution in [0, 0.1) is 5.82 Å². The third-order valence-electron chi connectivity index (χ3n) is 3.02. The second-order valence-corrected chi connectivity index (χ2v) is 5.56. The van der Waals surface area contributed by atoms with Crippen LogP contribution in [-0.4, -0.2) is 23.8 Å². The second-order valence-electron chi connectivity index (χ2n) is 4.71. The molecule has 2 aromatic rings. The van der Waals surface area contributed by atoms with Gasteiger partial charge in [-0.15, -0.1) is 11.3 Å². The summed E-state index contributed by atoms with van der Waals surface area (Å²) in [4.78, 5) is 15.6. The first-order valence-electron chi connectivity index (χ1n) is 7.30. The molecule has 0 saturated heterocycles. The first-order valence-corrected chi connectivity index (χ1v) is 8.17. The summed E-state index contributed by atoms with van der Waals surface area (Å²) < 4.78 is 18.7. The molecule has 0 radical (unpaired) electrons. The third-order valence-corrected chi connectivity index (χ3v) is 3.82. The number of halogens is 1. The molecule has 0 atom stereocenters. The van der Waals surface area contributed by atoms with Crippen LogP contribution >= 0.6 is 11.3 Å². The van der Waals surface area contributed by atoms with Crippen molar-refractivity contribution in [2.24, 2.45) is 5.10 Å². The fraction of sp³-hybridized carbons (Fsp3) is 0.312. The van der Waals surface area contributed by atoms with Crippen LogP contribution in [0.15, 0.2) is 28.7 Å². The predicted molar refractivity (Wildman–Crippen MR) is 89.4 cm³/mol. The van der Waals surface area contributed by atoms with Gasteiger partial charge in [-0.2, -0.15) is 5.10 Å². The number of aromatic nitrogens is 1.